The molecule has 1 aliphatic rings. The Morgan fingerprint density at radius 3 is 1.41 bits per heavy atom. The molecule has 1 atom stereocenters. The van der Waals surface area contributed by atoms with Crippen molar-refractivity contribution in [3.63, 3.8) is 0 Å². The van der Waals surface area contributed by atoms with Crippen LogP contribution in [0.4, 0.5) is 0 Å². The number of rotatable bonds is 19. The van der Waals surface area contributed by atoms with Gasteiger partial charge in [0.25, 0.3) is 0 Å². The van der Waals surface area contributed by atoms with Crippen LogP contribution in [-0.4, -0.2) is 29.1 Å². The Hall–Kier alpha value is -0.660. The second-order valence-corrected chi connectivity index (χ2v) is 8.64. The van der Waals surface area contributed by atoms with E-state index in [4.69, 9.17) is 0 Å². The lowest BCUT2D eigenvalue weighted by Gasteiger charge is -2.33. The average Bonchev–Trinajstić information content (AvgIpc) is 3.06. The van der Waals surface area contributed by atoms with Gasteiger partial charge in [0.1, 0.15) is 6.17 Å². The highest BCUT2D eigenvalue weighted by molar-refractivity contribution is 4.96. The second-order valence-electron chi connectivity index (χ2n) is 8.64. The molecule has 0 aromatic heterocycles. The van der Waals surface area contributed by atoms with Crippen LogP contribution in [0.25, 0.3) is 0 Å². The molecule has 1 heterocycles. The maximum absolute atomic E-state index is 2.65. The number of nitrogens with zero attached hydrogens (tertiary/aromatic N) is 2. The lowest BCUT2D eigenvalue weighted by molar-refractivity contribution is 0.136. The van der Waals surface area contributed by atoms with Gasteiger partial charge in [0.2, 0.25) is 0 Å². The summed E-state index contributed by atoms with van der Waals surface area (Å²) in [6.07, 6.45) is 29.1. The molecule has 0 radical (unpaired) electrons. The molecule has 0 saturated carbocycles. The van der Waals surface area contributed by atoms with Gasteiger partial charge in [-0.3, -0.25) is 0 Å². The molecule has 2 heteroatoms. The van der Waals surface area contributed by atoms with Gasteiger partial charge in [-0.15, -0.1) is 0 Å². The molecule has 2 nitrogen and oxygen atoms in total. The molecule has 0 N–H and O–H groups in total. The Morgan fingerprint density at radius 2 is 0.889 bits per heavy atom. The van der Waals surface area contributed by atoms with Crippen LogP contribution in [0.1, 0.15) is 130 Å². The van der Waals surface area contributed by atoms with Crippen molar-refractivity contribution in [1.82, 2.24) is 9.80 Å². The van der Waals surface area contributed by atoms with E-state index < -0.39 is 0 Å². The first-order chi connectivity index (χ1) is 13.3. The van der Waals surface area contributed by atoms with Gasteiger partial charge in [-0.25, -0.2) is 0 Å². The number of unbranched alkanes of at least 4 members (excludes halogenated alkanes) is 13. The molecular weight excluding hydrogens is 328 g/mol. The normalized spacial score (nSPS) is 16.6. The third-order valence-electron chi connectivity index (χ3n) is 6.07. The molecule has 1 rings (SSSR count). The summed E-state index contributed by atoms with van der Waals surface area (Å²) < 4.78 is 0. The van der Waals surface area contributed by atoms with E-state index in [0.29, 0.717) is 6.17 Å². The minimum absolute atomic E-state index is 0.646. The molecule has 0 amide bonds. The van der Waals surface area contributed by atoms with Crippen molar-refractivity contribution in [3.8, 4) is 0 Å². The fraction of sp³-hybridized carbons (Fsp3) is 0.920. The first kappa shape index (κ1) is 24.4. The summed E-state index contributed by atoms with van der Waals surface area (Å²) in [5.41, 5.74) is 0. The smallest absolute Gasteiger partial charge is 0.101 e. The summed E-state index contributed by atoms with van der Waals surface area (Å²) in [6, 6.07) is 0. The minimum atomic E-state index is 0.646. The van der Waals surface area contributed by atoms with Crippen molar-refractivity contribution >= 4 is 0 Å². The van der Waals surface area contributed by atoms with Crippen molar-refractivity contribution in [3.05, 3.63) is 12.4 Å². The Balaban J connectivity index is 2.22. The molecule has 0 aromatic carbocycles. The molecule has 0 aliphatic carbocycles. The second kappa shape index (κ2) is 17.4. The lowest BCUT2D eigenvalue weighted by Crippen LogP contribution is -2.39. The molecule has 0 bridgehead atoms. The van der Waals surface area contributed by atoms with Crippen molar-refractivity contribution in [2.45, 2.75) is 136 Å². The predicted octanol–water partition coefficient (Wildman–Crippen LogP) is 8.09. The zero-order valence-corrected chi connectivity index (χ0v) is 19.1. The molecule has 0 aromatic rings. The van der Waals surface area contributed by atoms with Crippen LogP contribution in [0.15, 0.2) is 12.4 Å². The van der Waals surface area contributed by atoms with E-state index in [2.05, 4.69) is 43.0 Å². The fourth-order valence-electron chi connectivity index (χ4n) is 4.22. The van der Waals surface area contributed by atoms with Crippen molar-refractivity contribution in [2.24, 2.45) is 0 Å². The van der Waals surface area contributed by atoms with Gasteiger partial charge < -0.3 is 9.80 Å². The van der Waals surface area contributed by atoms with E-state index in [9.17, 15) is 0 Å². The van der Waals surface area contributed by atoms with Crippen LogP contribution >= 0.6 is 0 Å². The highest BCUT2D eigenvalue weighted by Crippen LogP contribution is 2.23. The van der Waals surface area contributed by atoms with E-state index >= 15 is 0 Å². The molecule has 0 saturated heterocycles. The van der Waals surface area contributed by atoms with Gasteiger partial charge in [-0.2, -0.15) is 0 Å². The summed E-state index contributed by atoms with van der Waals surface area (Å²) in [4.78, 5) is 5.28. The Bertz CT molecular complexity index is 339. The standard InChI is InChI=1S/C25H50N2/c1-4-7-10-12-14-15-17-19-22-27-24-23-26(21-9-6-3)25(27)20-18-16-13-11-8-5-2/h23-25H,4-22H2,1-3H3. The van der Waals surface area contributed by atoms with Gasteiger partial charge in [-0.05, 0) is 25.7 Å². The third-order valence-corrected chi connectivity index (χ3v) is 6.07. The Morgan fingerprint density at radius 1 is 0.481 bits per heavy atom. The number of hydrogen-bond acceptors (Lipinski definition) is 2. The highest BCUT2D eigenvalue weighted by atomic mass is 15.4. The maximum Gasteiger partial charge on any atom is 0.101 e. The number of hydrogen-bond donors (Lipinski definition) is 0. The lowest BCUT2D eigenvalue weighted by atomic mass is 10.1. The van der Waals surface area contributed by atoms with Gasteiger partial charge in [0, 0.05) is 25.5 Å². The highest BCUT2D eigenvalue weighted by Gasteiger charge is 2.24. The van der Waals surface area contributed by atoms with Crippen molar-refractivity contribution in [2.75, 3.05) is 13.1 Å². The van der Waals surface area contributed by atoms with Gasteiger partial charge >= 0.3 is 0 Å². The summed E-state index contributed by atoms with van der Waals surface area (Å²) in [5.74, 6) is 0. The van der Waals surface area contributed by atoms with Crippen molar-refractivity contribution in [1.29, 1.82) is 0 Å². The third kappa shape index (κ3) is 11.7. The monoisotopic (exact) mass is 378 g/mol. The summed E-state index contributed by atoms with van der Waals surface area (Å²) in [5, 5.41) is 0. The van der Waals surface area contributed by atoms with Crippen LogP contribution in [0, 0.1) is 0 Å². The van der Waals surface area contributed by atoms with Gasteiger partial charge in [0.15, 0.2) is 0 Å². The van der Waals surface area contributed by atoms with E-state index in [0.717, 1.165) is 0 Å². The molecule has 160 valence electrons. The maximum atomic E-state index is 2.65. The Labute approximate surface area is 171 Å². The van der Waals surface area contributed by atoms with Crippen LogP contribution in [0.3, 0.4) is 0 Å². The predicted molar refractivity (Wildman–Crippen MR) is 122 cm³/mol. The van der Waals surface area contributed by atoms with Crippen molar-refractivity contribution < 1.29 is 0 Å². The first-order valence-corrected chi connectivity index (χ1v) is 12.5. The van der Waals surface area contributed by atoms with E-state index in [1.807, 2.05) is 0 Å². The zero-order valence-electron chi connectivity index (χ0n) is 19.1. The van der Waals surface area contributed by atoms with Crippen LogP contribution in [0.5, 0.6) is 0 Å². The average molecular weight is 379 g/mol. The van der Waals surface area contributed by atoms with Gasteiger partial charge in [-0.1, -0.05) is 104 Å². The molecule has 0 fully saturated rings. The molecule has 0 spiro atoms. The van der Waals surface area contributed by atoms with Crippen LogP contribution in [0.2, 0.25) is 0 Å². The summed E-state index contributed by atoms with van der Waals surface area (Å²) >= 11 is 0. The molecule has 27 heavy (non-hydrogen) atoms. The largest absolute Gasteiger partial charge is 0.356 e. The molecular formula is C25H50N2. The van der Waals surface area contributed by atoms with E-state index in [1.54, 1.807) is 0 Å². The van der Waals surface area contributed by atoms with Crippen LogP contribution < -0.4 is 0 Å². The van der Waals surface area contributed by atoms with Crippen LogP contribution in [-0.2, 0) is 0 Å². The molecule has 1 aliphatic heterocycles. The SMILES string of the molecule is CCCCCCCCCCN1C=CN(CCCC)C1CCCCCCCC. The fourth-order valence-corrected chi connectivity index (χ4v) is 4.22. The van der Waals surface area contributed by atoms with E-state index in [1.165, 1.54) is 122 Å². The summed E-state index contributed by atoms with van der Waals surface area (Å²) in [6.45, 7) is 9.41. The minimum Gasteiger partial charge on any atom is -0.356 e. The zero-order chi connectivity index (χ0) is 19.6. The first-order valence-electron chi connectivity index (χ1n) is 12.5. The Kier molecular flexibility index (Phi) is 15.7. The quantitative estimate of drug-likeness (QED) is 0.209. The summed E-state index contributed by atoms with van der Waals surface area (Å²) in [7, 11) is 0. The topological polar surface area (TPSA) is 6.48 Å². The molecule has 1 unspecified atom stereocenters. The van der Waals surface area contributed by atoms with E-state index in [-0.39, 0.29) is 0 Å². The van der Waals surface area contributed by atoms with Gasteiger partial charge in [0.05, 0.1) is 0 Å².